The number of rotatable bonds is 6. The first-order valence-corrected chi connectivity index (χ1v) is 8.58. The first-order valence-electron chi connectivity index (χ1n) is 8.58. The van der Waals surface area contributed by atoms with E-state index in [1.165, 1.54) is 6.20 Å². The van der Waals surface area contributed by atoms with Crippen molar-refractivity contribution in [2.45, 2.75) is 44.2 Å². The number of aromatic nitrogens is 1. The summed E-state index contributed by atoms with van der Waals surface area (Å²) in [7, 11) is 0. The molecule has 134 valence electrons. The molecule has 3 rings (SSSR count). The second-order valence-electron chi connectivity index (χ2n) is 6.33. The van der Waals surface area contributed by atoms with Gasteiger partial charge in [0.1, 0.15) is 11.9 Å². The van der Waals surface area contributed by atoms with Crippen LogP contribution in [0.25, 0.3) is 0 Å². The summed E-state index contributed by atoms with van der Waals surface area (Å²) in [6.45, 7) is 0.198. The van der Waals surface area contributed by atoms with Crippen molar-refractivity contribution in [2.75, 3.05) is 18.5 Å². The standard InChI is InChI=1S/C17H22N4O4/c22-15(21-13-3-1-2-8-18-16(13)23)10-25-17(24)11-4-7-14(19-9-11)20-12-5-6-12/h4,7,9,12-13H,1-3,5-6,8,10H2,(H,18,23)(H,19,20)(H,21,22). The average molecular weight is 346 g/mol. The van der Waals surface area contributed by atoms with E-state index in [4.69, 9.17) is 4.74 Å². The zero-order valence-corrected chi connectivity index (χ0v) is 13.9. The van der Waals surface area contributed by atoms with Crippen molar-refractivity contribution >= 4 is 23.6 Å². The summed E-state index contributed by atoms with van der Waals surface area (Å²) in [6.07, 6.45) is 6.04. The summed E-state index contributed by atoms with van der Waals surface area (Å²) in [6, 6.07) is 3.24. The van der Waals surface area contributed by atoms with Crippen molar-refractivity contribution < 1.29 is 19.1 Å². The number of carbonyl (C=O) groups is 3. The molecule has 2 amide bonds. The third kappa shape index (κ3) is 5.17. The quantitative estimate of drug-likeness (QED) is 0.651. The lowest BCUT2D eigenvalue weighted by Crippen LogP contribution is -2.46. The summed E-state index contributed by atoms with van der Waals surface area (Å²) in [5.74, 6) is -0.586. The van der Waals surface area contributed by atoms with Crippen LogP contribution in [0.5, 0.6) is 0 Å². The van der Waals surface area contributed by atoms with Gasteiger partial charge in [-0.15, -0.1) is 0 Å². The Balaban J connectivity index is 1.44. The second-order valence-corrected chi connectivity index (χ2v) is 6.33. The van der Waals surface area contributed by atoms with E-state index in [1.807, 2.05) is 0 Å². The number of esters is 1. The summed E-state index contributed by atoms with van der Waals surface area (Å²) < 4.78 is 4.99. The number of hydrogen-bond acceptors (Lipinski definition) is 6. The first kappa shape index (κ1) is 17.2. The number of nitrogens with zero attached hydrogens (tertiary/aromatic N) is 1. The maximum absolute atomic E-state index is 12.0. The zero-order chi connectivity index (χ0) is 17.6. The lowest BCUT2D eigenvalue weighted by molar-refractivity contribution is -0.130. The number of hydrogen-bond donors (Lipinski definition) is 3. The number of carbonyl (C=O) groups excluding carboxylic acids is 3. The molecule has 0 bridgehead atoms. The summed E-state index contributed by atoms with van der Waals surface area (Å²) in [5, 5.41) is 8.56. The van der Waals surface area contributed by atoms with Crippen molar-refractivity contribution in [3.8, 4) is 0 Å². The van der Waals surface area contributed by atoms with Crippen LogP contribution in [0.1, 0.15) is 42.5 Å². The fourth-order valence-corrected chi connectivity index (χ4v) is 2.56. The van der Waals surface area contributed by atoms with Crippen LogP contribution in [0, 0.1) is 0 Å². The molecule has 1 saturated heterocycles. The molecule has 1 aliphatic carbocycles. The number of ether oxygens (including phenoxy) is 1. The highest BCUT2D eigenvalue weighted by atomic mass is 16.5. The van der Waals surface area contributed by atoms with Gasteiger partial charge in [0.25, 0.3) is 5.91 Å². The Morgan fingerprint density at radius 2 is 2.08 bits per heavy atom. The van der Waals surface area contributed by atoms with Crippen LogP contribution in [0.3, 0.4) is 0 Å². The highest BCUT2D eigenvalue weighted by molar-refractivity contribution is 5.92. The summed E-state index contributed by atoms with van der Waals surface area (Å²) in [4.78, 5) is 39.8. The van der Waals surface area contributed by atoms with Crippen molar-refractivity contribution in [3.63, 3.8) is 0 Å². The molecule has 2 heterocycles. The van der Waals surface area contributed by atoms with Gasteiger partial charge in [-0.1, -0.05) is 0 Å². The molecular formula is C17H22N4O4. The Morgan fingerprint density at radius 3 is 2.80 bits per heavy atom. The molecule has 0 radical (unpaired) electrons. The molecule has 25 heavy (non-hydrogen) atoms. The summed E-state index contributed by atoms with van der Waals surface area (Å²) in [5.41, 5.74) is 0.279. The van der Waals surface area contributed by atoms with Crippen LogP contribution in [-0.4, -0.2) is 48.0 Å². The Kier molecular flexibility index (Phi) is 5.47. The lowest BCUT2D eigenvalue weighted by atomic mass is 10.1. The molecule has 0 aromatic carbocycles. The van der Waals surface area contributed by atoms with Gasteiger partial charge in [-0.2, -0.15) is 0 Å². The molecule has 1 atom stereocenters. The third-order valence-corrected chi connectivity index (χ3v) is 4.13. The molecule has 2 fully saturated rings. The van der Waals surface area contributed by atoms with Gasteiger partial charge >= 0.3 is 5.97 Å². The monoisotopic (exact) mass is 346 g/mol. The Bertz CT molecular complexity index is 643. The second kappa shape index (κ2) is 7.96. The van der Waals surface area contributed by atoms with Gasteiger partial charge in [0, 0.05) is 18.8 Å². The predicted molar refractivity (Wildman–Crippen MR) is 90.0 cm³/mol. The van der Waals surface area contributed by atoms with E-state index in [0.717, 1.165) is 31.5 Å². The van der Waals surface area contributed by atoms with E-state index in [1.54, 1.807) is 12.1 Å². The normalized spacial score (nSPS) is 20.2. The molecule has 3 N–H and O–H groups in total. The topological polar surface area (TPSA) is 109 Å². The van der Waals surface area contributed by atoms with Crippen LogP contribution in [0.15, 0.2) is 18.3 Å². The smallest absolute Gasteiger partial charge is 0.340 e. The number of pyridine rings is 1. The maximum Gasteiger partial charge on any atom is 0.340 e. The maximum atomic E-state index is 12.0. The van der Waals surface area contributed by atoms with Crippen molar-refractivity contribution in [2.24, 2.45) is 0 Å². The molecule has 0 spiro atoms. The van der Waals surface area contributed by atoms with Gasteiger partial charge in [0.15, 0.2) is 6.61 Å². The SMILES string of the molecule is O=C(COC(=O)c1ccc(NC2CC2)nc1)NC1CCCCNC1=O. The Labute approximate surface area is 145 Å². The molecular weight excluding hydrogens is 324 g/mol. The van der Waals surface area contributed by atoms with Gasteiger partial charge in [-0.05, 0) is 44.2 Å². The molecule has 8 heteroatoms. The summed E-state index contributed by atoms with van der Waals surface area (Å²) >= 11 is 0. The minimum Gasteiger partial charge on any atom is -0.452 e. The van der Waals surface area contributed by atoms with Gasteiger partial charge in [0.2, 0.25) is 5.91 Å². The molecule has 1 aromatic heterocycles. The highest BCUT2D eigenvalue weighted by Gasteiger charge is 2.23. The fourth-order valence-electron chi connectivity index (χ4n) is 2.56. The first-order chi connectivity index (χ1) is 12.1. The van der Waals surface area contributed by atoms with Crippen LogP contribution < -0.4 is 16.0 Å². The molecule has 1 unspecified atom stereocenters. The minimum atomic E-state index is -0.620. The number of amides is 2. The van der Waals surface area contributed by atoms with E-state index in [0.29, 0.717) is 19.0 Å². The molecule has 1 aliphatic heterocycles. The van der Waals surface area contributed by atoms with Crippen LogP contribution in [0.4, 0.5) is 5.82 Å². The van der Waals surface area contributed by atoms with Crippen molar-refractivity contribution in [3.05, 3.63) is 23.9 Å². The number of nitrogens with one attached hydrogen (secondary N) is 3. The van der Waals surface area contributed by atoms with Crippen LogP contribution in [-0.2, 0) is 14.3 Å². The minimum absolute atomic E-state index is 0.194. The average Bonchev–Trinajstić information content (AvgIpc) is 3.43. The van der Waals surface area contributed by atoms with Crippen LogP contribution >= 0.6 is 0 Å². The largest absolute Gasteiger partial charge is 0.452 e. The van der Waals surface area contributed by atoms with Crippen molar-refractivity contribution in [1.29, 1.82) is 0 Å². The van der Waals surface area contributed by atoms with Gasteiger partial charge in [-0.25, -0.2) is 9.78 Å². The van der Waals surface area contributed by atoms with Gasteiger partial charge in [-0.3, -0.25) is 9.59 Å². The molecule has 1 saturated carbocycles. The number of anilines is 1. The van der Waals surface area contributed by atoms with E-state index in [2.05, 4.69) is 20.9 Å². The van der Waals surface area contributed by atoms with Gasteiger partial charge in [0.05, 0.1) is 5.56 Å². The van der Waals surface area contributed by atoms with Crippen molar-refractivity contribution in [1.82, 2.24) is 15.6 Å². The highest BCUT2D eigenvalue weighted by Crippen LogP contribution is 2.23. The van der Waals surface area contributed by atoms with E-state index in [9.17, 15) is 14.4 Å². The van der Waals surface area contributed by atoms with E-state index >= 15 is 0 Å². The zero-order valence-electron chi connectivity index (χ0n) is 13.9. The van der Waals surface area contributed by atoms with Crippen LogP contribution in [0.2, 0.25) is 0 Å². The molecule has 8 nitrogen and oxygen atoms in total. The Morgan fingerprint density at radius 1 is 1.24 bits per heavy atom. The lowest BCUT2D eigenvalue weighted by Gasteiger charge is -2.15. The molecule has 2 aliphatic rings. The van der Waals surface area contributed by atoms with E-state index in [-0.39, 0.29) is 11.5 Å². The third-order valence-electron chi connectivity index (χ3n) is 4.13. The molecule has 1 aromatic rings. The predicted octanol–water partition coefficient (Wildman–Crippen LogP) is 0.598. The fraction of sp³-hybridized carbons (Fsp3) is 0.529. The van der Waals surface area contributed by atoms with E-state index < -0.39 is 24.5 Å². The van der Waals surface area contributed by atoms with Gasteiger partial charge < -0.3 is 20.7 Å². The Hall–Kier alpha value is -2.64.